The molecule has 6 N–H and O–H groups in total. The standard InChI is InChI=1S/C32H53N3O10S4/c1-16(2)8-21-13-47-48-14-24(33-18(5)6)27(38)10-22(19(7)36)31(43)35-25(32(44)45)15-49-46-12-20(29(41)17(3)4)9-26(37)23(11-28(39)40)34-30(21)42/h16-25,33,36H,8-15H2,1-7H3,(H,34,42)(H,35,43)(H,39,40)(H,44,45)/t19-,20+,21+,22+,23+,24+,25+/m1/s1. The van der Waals surface area contributed by atoms with Gasteiger partial charge in [0.15, 0.2) is 11.6 Å². The molecule has 17 heteroatoms. The molecule has 1 fully saturated rings. The van der Waals surface area contributed by atoms with Crippen LogP contribution in [0.1, 0.15) is 74.1 Å². The van der Waals surface area contributed by atoms with E-state index in [9.17, 15) is 48.9 Å². The number of aliphatic hydroxyl groups is 1. The molecule has 0 aliphatic carbocycles. The van der Waals surface area contributed by atoms with Crippen LogP contribution in [-0.4, -0.2) is 110 Å². The largest absolute Gasteiger partial charge is 0.481 e. The highest BCUT2D eigenvalue weighted by Gasteiger charge is 2.35. The molecule has 0 radical (unpaired) electrons. The third kappa shape index (κ3) is 17.3. The van der Waals surface area contributed by atoms with E-state index in [2.05, 4.69) is 16.0 Å². The Hall–Kier alpha value is -1.79. The Morgan fingerprint density at radius 1 is 0.796 bits per heavy atom. The van der Waals surface area contributed by atoms with Crippen LogP contribution >= 0.6 is 43.2 Å². The average Bonchev–Trinajstić information content (AvgIpc) is 2.98. The minimum absolute atomic E-state index is 0.0959. The van der Waals surface area contributed by atoms with E-state index in [-0.39, 0.29) is 53.6 Å². The minimum Gasteiger partial charge on any atom is -0.481 e. The summed E-state index contributed by atoms with van der Waals surface area (Å²) >= 11 is 0. The number of hydrogen-bond acceptors (Lipinski definition) is 13. The van der Waals surface area contributed by atoms with E-state index in [0.717, 1.165) is 21.6 Å². The number of Topliss-reactive ketones (excluding diaryl/α,β-unsaturated/α-hetero) is 3. The van der Waals surface area contributed by atoms with Gasteiger partial charge in [-0.2, -0.15) is 0 Å². The maximum atomic E-state index is 13.5. The molecule has 0 bridgehead atoms. The molecule has 0 unspecified atom stereocenters. The van der Waals surface area contributed by atoms with Crippen molar-refractivity contribution in [3.05, 3.63) is 0 Å². The van der Waals surface area contributed by atoms with Gasteiger partial charge in [0.25, 0.3) is 0 Å². The Morgan fingerprint density at radius 3 is 1.92 bits per heavy atom. The van der Waals surface area contributed by atoms with Crippen molar-refractivity contribution >= 4 is 84.3 Å². The predicted molar refractivity (Wildman–Crippen MR) is 196 cm³/mol. The lowest BCUT2D eigenvalue weighted by molar-refractivity contribution is -0.143. The molecule has 1 aliphatic heterocycles. The molecule has 1 rings (SSSR count). The second kappa shape index (κ2) is 22.9. The van der Waals surface area contributed by atoms with Gasteiger partial charge in [0, 0.05) is 59.6 Å². The normalized spacial score (nSPS) is 27.2. The van der Waals surface area contributed by atoms with E-state index in [1.165, 1.54) is 28.5 Å². The Balaban J connectivity index is 3.48. The number of carboxylic acid groups (broad SMARTS) is 2. The number of hydrogen-bond donors (Lipinski definition) is 6. The van der Waals surface area contributed by atoms with Crippen molar-refractivity contribution in [2.24, 2.45) is 29.6 Å². The Bertz CT molecular complexity index is 1150. The second-order valence-corrected chi connectivity index (χ2v) is 18.4. The van der Waals surface area contributed by atoms with Crippen LogP contribution in [0.5, 0.6) is 0 Å². The number of aliphatic hydroxyl groups excluding tert-OH is 1. The maximum Gasteiger partial charge on any atom is 0.327 e. The number of carbonyl (C=O) groups excluding carboxylic acids is 5. The summed E-state index contributed by atoms with van der Waals surface area (Å²) in [6, 6.07) is -3.52. The van der Waals surface area contributed by atoms with Gasteiger partial charge in [-0.25, -0.2) is 4.79 Å². The van der Waals surface area contributed by atoms with E-state index in [4.69, 9.17) is 0 Å². The minimum atomic E-state index is -1.37. The molecule has 0 spiro atoms. The topological polar surface area (TPSA) is 216 Å². The summed E-state index contributed by atoms with van der Waals surface area (Å²) in [5, 5.41) is 38.1. The summed E-state index contributed by atoms with van der Waals surface area (Å²) in [7, 11) is 4.88. The lowest BCUT2D eigenvalue weighted by atomic mass is 9.89. The Kier molecular flexibility index (Phi) is 21.1. The Morgan fingerprint density at radius 2 is 1.39 bits per heavy atom. The fourth-order valence-electron chi connectivity index (χ4n) is 5.05. The fraction of sp³-hybridized carbons (Fsp3) is 0.781. The quantitative estimate of drug-likeness (QED) is 0.176. The number of carbonyl (C=O) groups is 7. The summed E-state index contributed by atoms with van der Waals surface area (Å²) in [6.07, 6.45) is -2.07. The van der Waals surface area contributed by atoms with Gasteiger partial charge in [-0.1, -0.05) is 84.7 Å². The van der Waals surface area contributed by atoms with Gasteiger partial charge in [0.2, 0.25) is 11.8 Å². The highest BCUT2D eigenvalue weighted by atomic mass is 33.1. The molecule has 1 heterocycles. The SMILES string of the molecule is CC(C)C[C@H]1CSSC[C@H](NC(C)C)C(=O)C[C@@H]([C@@H](C)O)C(=O)N[C@H](C(=O)O)CSSC[C@@H](C(=O)C(C)C)CC(=O)[C@H](CC(=O)O)NC1=O. The smallest absolute Gasteiger partial charge is 0.327 e. The molecule has 1 saturated heterocycles. The molecule has 280 valence electrons. The molecule has 2 amide bonds. The lowest BCUT2D eigenvalue weighted by Crippen LogP contribution is -2.49. The fourth-order valence-corrected chi connectivity index (χ4v) is 10.1. The first kappa shape index (κ1) is 45.2. The molecular formula is C32H53N3O10S4. The molecular weight excluding hydrogens is 715 g/mol. The number of amides is 2. The van der Waals surface area contributed by atoms with Gasteiger partial charge in [0.1, 0.15) is 11.8 Å². The van der Waals surface area contributed by atoms with E-state index in [1.807, 2.05) is 27.7 Å². The number of nitrogens with one attached hydrogen (secondary N) is 3. The van der Waals surface area contributed by atoms with Crippen molar-refractivity contribution in [2.75, 3.05) is 23.0 Å². The average molecular weight is 768 g/mol. The third-order valence-corrected chi connectivity index (χ3v) is 12.7. The first-order chi connectivity index (χ1) is 22.8. The molecule has 0 aromatic carbocycles. The number of aliphatic carboxylic acids is 2. The Labute approximate surface area is 305 Å². The van der Waals surface area contributed by atoms with Crippen molar-refractivity contribution in [1.82, 2.24) is 16.0 Å². The summed E-state index contributed by atoms with van der Waals surface area (Å²) in [5.41, 5.74) is 0. The zero-order chi connectivity index (χ0) is 37.4. The van der Waals surface area contributed by atoms with Crippen LogP contribution in [0.3, 0.4) is 0 Å². The predicted octanol–water partition coefficient (Wildman–Crippen LogP) is 3.08. The number of rotatable bonds is 10. The van der Waals surface area contributed by atoms with Crippen LogP contribution < -0.4 is 16.0 Å². The first-order valence-corrected chi connectivity index (χ1v) is 21.4. The van der Waals surface area contributed by atoms with E-state index < -0.39 is 83.9 Å². The van der Waals surface area contributed by atoms with Gasteiger partial charge < -0.3 is 31.3 Å². The highest BCUT2D eigenvalue weighted by Crippen LogP contribution is 2.30. The zero-order valence-corrected chi connectivity index (χ0v) is 32.5. The molecule has 0 saturated carbocycles. The third-order valence-electron chi connectivity index (χ3n) is 7.68. The summed E-state index contributed by atoms with van der Waals surface area (Å²) in [5.74, 6) is -7.41. The van der Waals surface area contributed by atoms with Crippen LogP contribution in [-0.2, 0) is 33.6 Å². The number of carboxylic acids is 2. The van der Waals surface area contributed by atoms with Crippen LogP contribution in [0.2, 0.25) is 0 Å². The van der Waals surface area contributed by atoms with E-state index in [0.29, 0.717) is 12.2 Å². The van der Waals surface area contributed by atoms with Crippen LogP contribution in [0, 0.1) is 29.6 Å². The second-order valence-electron chi connectivity index (χ2n) is 13.3. The van der Waals surface area contributed by atoms with E-state index in [1.54, 1.807) is 13.8 Å². The molecule has 13 nitrogen and oxygen atoms in total. The van der Waals surface area contributed by atoms with Crippen LogP contribution in [0.15, 0.2) is 0 Å². The van der Waals surface area contributed by atoms with Gasteiger partial charge in [-0.15, -0.1) is 0 Å². The molecule has 0 aromatic rings. The lowest BCUT2D eigenvalue weighted by Gasteiger charge is -2.26. The monoisotopic (exact) mass is 767 g/mol. The van der Waals surface area contributed by atoms with Gasteiger partial charge >= 0.3 is 11.9 Å². The molecule has 49 heavy (non-hydrogen) atoms. The molecule has 0 aromatic heterocycles. The van der Waals surface area contributed by atoms with Crippen LogP contribution in [0.4, 0.5) is 0 Å². The maximum absolute atomic E-state index is 13.5. The first-order valence-electron chi connectivity index (χ1n) is 16.4. The van der Waals surface area contributed by atoms with Crippen molar-refractivity contribution in [1.29, 1.82) is 0 Å². The summed E-state index contributed by atoms with van der Waals surface area (Å²) in [6.45, 7) is 12.3. The van der Waals surface area contributed by atoms with Crippen LogP contribution in [0.25, 0.3) is 0 Å². The summed E-state index contributed by atoms with van der Waals surface area (Å²) < 4.78 is 0. The van der Waals surface area contributed by atoms with Crippen molar-refractivity contribution in [3.63, 3.8) is 0 Å². The molecule has 7 atom stereocenters. The summed E-state index contributed by atoms with van der Waals surface area (Å²) in [4.78, 5) is 90.5. The van der Waals surface area contributed by atoms with Gasteiger partial charge in [0.05, 0.1) is 30.5 Å². The molecule has 1 aliphatic rings. The number of ketones is 3. The zero-order valence-electron chi connectivity index (χ0n) is 29.3. The van der Waals surface area contributed by atoms with Gasteiger partial charge in [-0.3, -0.25) is 28.8 Å². The van der Waals surface area contributed by atoms with Crippen molar-refractivity contribution in [3.8, 4) is 0 Å². The highest BCUT2D eigenvalue weighted by molar-refractivity contribution is 8.77. The van der Waals surface area contributed by atoms with Crippen molar-refractivity contribution in [2.45, 2.75) is 104 Å². The van der Waals surface area contributed by atoms with E-state index >= 15 is 0 Å². The van der Waals surface area contributed by atoms with Gasteiger partial charge in [-0.05, 0) is 19.3 Å². The van der Waals surface area contributed by atoms with Crippen molar-refractivity contribution < 1.29 is 48.9 Å².